The van der Waals surface area contributed by atoms with Crippen LogP contribution in [-0.4, -0.2) is 134 Å². The first-order valence-electron chi connectivity index (χ1n) is 25.0. The van der Waals surface area contributed by atoms with E-state index in [1.54, 1.807) is 32.2 Å². The molecule has 1 heterocycles. The number of phenols is 1. The number of nitrogens with two attached hydrogens (primary N) is 3. The maximum Gasteiger partial charge on any atom is 0.246 e. The molecule has 8 atom stereocenters. The molecule has 4 rings (SSSR count). The quantitative estimate of drug-likeness (QED) is 0.0298. The number of nitrogens with one attached hydrogen (secondary N) is 8. The Labute approximate surface area is 447 Å². The fourth-order valence-electron chi connectivity index (χ4n) is 8.53. The number of hydrogen-bond acceptors (Lipinski definition) is 14. The van der Waals surface area contributed by atoms with Crippen molar-refractivity contribution in [2.75, 3.05) is 18.1 Å². The average molecular weight is 1080 g/mol. The topological polar surface area (TPSA) is 355 Å². The maximum atomic E-state index is 14.8. The first-order valence-corrected chi connectivity index (χ1v) is 26.2. The SMILES string of the molecule is CCCC(CCC)(NC(=O)[C@H](CCCN)NC(=O)[C@@H](Cc1c[nH]c2ccccc12)NC(=O)[C@H](Cc1ccc(O)cc1)NC(=O)[C@H](CS)NC(=O)[C@H](N)Cc1ccccc1)C(=O)N[C@@H](CS)C(=O)N[C@H](C(N)=O)[C@@H](C)O. The number of H-pyrrole nitrogens is 1. The monoisotopic (exact) mass is 1080 g/mol. The van der Waals surface area contributed by atoms with Crippen molar-refractivity contribution in [3.8, 4) is 5.75 Å². The van der Waals surface area contributed by atoms with Crippen molar-refractivity contribution in [1.82, 2.24) is 42.2 Å². The number of aromatic nitrogens is 1. The van der Waals surface area contributed by atoms with E-state index < -0.39 is 101 Å². The van der Waals surface area contributed by atoms with E-state index in [2.05, 4.69) is 67.5 Å². The standard InChI is InChI=1S/C52H73N11O10S2/c1-4-21-52(22-5-2,51(73)61-42(29-75)49(71)62-43(30(3)64)44(55)66)63-50(72)38(16-11-23-53)57-47(69)40(26-33-27-56-37-15-10-9-14-35(33)37)59-46(68)39(25-32-17-19-34(65)20-18-32)58-48(70)41(28-74)60-45(67)36(54)24-31-12-7-6-8-13-31/h6-10,12-15,17-20,27,30,36,38-43,56,64-65,74-75H,4-5,11,16,21-26,28-29,53-54H2,1-3H3,(H2,55,66)(H,57,69)(H,58,70)(H,59,68)(H,60,67)(H,61,73)(H,62,71)(H,63,72)/t30-,36-,38+,39+,40-,41+,42+,43+/m1/s1. The number of para-hydroxylation sites is 1. The molecule has 0 saturated heterocycles. The first-order chi connectivity index (χ1) is 35.8. The third-order valence-electron chi connectivity index (χ3n) is 12.6. The van der Waals surface area contributed by atoms with E-state index in [9.17, 15) is 48.6 Å². The third-order valence-corrected chi connectivity index (χ3v) is 13.3. The number of hydrogen-bond donors (Lipinski definition) is 15. The summed E-state index contributed by atoms with van der Waals surface area (Å²) in [6, 6.07) is 13.1. The van der Waals surface area contributed by atoms with Gasteiger partial charge in [0.1, 0.15) is 47.5 Å². The molecule has 0 saturated carbocycles. The minimum absolute atomic E-state index is 0.00132. The molecule has 0 aliphatic heterocycles. The third kappa shape index (κ3) is 18.0. The Kier molecular flexibility index (Phi) is 24.4. The van der Waals surface area contributed by atoms with Gasteiger partial charge in [0.05, 0.1) is 12.1 Å². The maximum absolute atomic E-state index is 14.8. The second-order valence-electron chi connectivity index (χ2n) is 18.5. The fourth-order valence-corrected chi connectivity index (χ4v) is 9.05. The summed E-state index contributed by atoms with van der Waals surface area (Å²) in [5.41, 5.74) is 18.6. The number of fused-ring (bicyclic) bond motifs is 1. The summed E-state index contributed by atoms with van der Waals surface area (Å²) in [6.45, 7) is 4.98. The molecular formula is C52H73N11O10S2. The summed E-state index contributed by atoms with van der Waals surface area (Å²) in [7, 11) is 0. The van der Waals surface area contributed by atoms with Gasteiger partial charge in [-0.15, -0.1) is 0 Å². The van der Waals surface area contributed by atoms with Gasteiger partial charge in [-0.05, 0) is 80.5 Å². The van der Waals surface area contributed by atoms with Gasteiger partial charge in [0.2, 0.25) is 47.3 Å². The minimum atomic E-state index is -1.63. The molecule has 23 heteroatoms. The average Bonchev–Trinajstić information content (AvgIpc) is 3.79. The molecule has 0 aliphatic carbocycles. The van der Waals surface area contributed by atoms with Crippen LogP contribution in [0.3, 0.4) is 0 Å². The summed E-state index contributed by atoms with van der Waals surface area (Å²) in [5, 5.41) is 39.6. The van der Waals surface area contributed by atoms with Crippen molar-refractivity contribution in [1.29, 1.82) is 0 Å². The first kappa shape index (κ1) is 60.9. The van der Waals surface area contributed by atoms with Crippen LogP contribution < -0.4 is 54.4 Å². The molecule has 0 fully saturated rings. The normalized spacial score (nSPS) is 14.6. The summed E-state index contributed by atoms with van der Waals surface area (Å²) < 4.78 is 0. The number of aliphatic hydroxyl groups excluding tert-OH is 1. The lowest BCUT2D eigenvalue weighted by atomic mass is 9.86. The molecule has 0 bridgehead atoms. The highest BCUT2D eigenvalue weighted by molar-refractivity contribution is 7.80. The molecule has 4 aromatic rings. The van der Waals surface area contributed by atoms with E-state index in [4.69, 9.17) is 17.2 Å². The lowest BCUT2D eigenvalue weighted by Gasteiger charge is -2.36. The molecule has 8 amide bonds. The highest BCUT2D eigenvalue weighted by Crippen LogP contribution is 2.23. The van der Waals surface area contributed by atoms with Gasteiger partial charge in [0, 0.05) is 41.4 Å². The number of primary amides is 1. The van der Waals surface area contributed by atoms with Gasteiger partial charge in [-0.2, -0.15) is 25.3 Å². The Morgan fingerprint density at radius 2 is 1.16 bits per heavy atom. The summed E-state index contributed by atoms with van der Waals surface area (Å²) in [6.07, 6.45) is 1.49. The van der Waals surface area contributed by atoms with Gasteiger partial charge >= 0.3 is 0 Å². The smallest absolute Gasteiger partial charge is 0.246 e. The van der Waals surface area contributed by atoms with Crippen molar-refractivity contribution in [2.45, 2.75) is 132 Å². The number of aromatic amines is 1. The lowest BCUT2D eigenvalue weighted by molar-refractivity contribution is -0.139. The molecule has 3 aromatic carbocycles. The van der Waals surface area contributed by atoms with Gasteiger partial charge in [-0.3, -0.25) is 38.4 Å². The van der Waals surface area contributed by atoms with Crippen molar-refractivity contribution in [2.24, 2.45) is 17.2 Å². The van der Waals surface area contributed by atoms with Crippen molar-refractivity contribution >= 4 is 83.4 Å². The number of carbonyl (C=O) groups is 8. The van der Waals surface area contributed by atoms with E-state index in [1.807, 2.05) is 54.6 Å². The van der Waals surface area contributed by atoms with Gasteiger partial charge in [0.15, 0.2) is 0 Å². The van der Waals surface area contributed by atoms with E-state index in [0.717, 1.165) is 16.5 Å². The number of rotatable bonds is 31. The molecule has 0 spiro atoms. The molecule has 0 radical (unpaired) electrons. The van der Waals surface area contributed by atoms with Gasteiger partial charge in [-0.1, -0.05) is 87.4 Å². The Balaban J connectivity index is 1.67. The summed E-state index contributed by atoms with van der Waals surface area (Å²) in [5.74, 6) is -6.84. The summed E-state index contributed by atoms with van der Waals surface area (Å²) >= 11 is 8.57. The Morgan fingerprint density at radius 1 is 0.640 bits per heavy atom. The zero-order chi connectivity index (χ0) is 55.2. The zero-order valence-electron chi connectivity index (χ0n) is 42.5. The lowest BCUT2D eigenvalue weighted by Crippen LogP contribution is -2.65. The van der Waals surface area contributed by atoms with Crippen molar-refractivity contribution < 1.29 is 48.6 Å². The number of aromatic hydroxyl groups is 1. The van der Waals surface area contributed by atoms with Crippen LogP contribution in [0.1, 0.15) is 76.0 Å². The van der Waals surface area contributed by atoms with Gasteiger partial charge < -0.3 is 69.6 Å². The van der Waals surface area contributed by atoms with Crippen LogP contribution >= 0.6 is 25.3 Å². The van der Waals surface area contributed by atoms with Crippen molar-refractivity contribution in [3.63, 3.8) is 0 Å². The van der Waals surface area contributed by atoms with E-state index in [-0.39, 0.29) is 68.7 Å². The number of amides is 8. The number of carbonyl (C=O) groups excluding carboxylic acids is 8. The van der Waals surface area contributed by atoms with Crippen LogP contribution in [0.25, 0.3) is 10.9 Å². The van der Waals surface area contributed by atoms with Crippen LogP contribution in [0.4, 0.5) is 0 Å². The van der Waals surface area contributed by atoms with E-state index in [0.29, 0.717) is 24.0 Å². The molecular weight excluding hydrogens is 1000 g/mol. The van der Waals surface area contributed by atoms with Gasteiger partial charge in [0.25, 0.3) is 0 Å². The summed E-state index contributed by atoms with van der Waals surface area (Å²) in [4.78, 5) is 114. The molecule has 408 valence electrons. The van der Waals surface area contributed by atoms with Crippen LogP contribution in [0.5, 0.6) is 5.75 Å². The van der Waals surface area contributed by atoms with E-state index >= 15 is 0 Å². The second-order valence-corrected chi connectivity index (χ2v) is 19.2. The van der Waals surface area contributed by atoms with Crippen LogP contribution in [0.2, 0.25) is 0 Å². The van der Waals surface area contributed by atoms with Crippen molar-refractivity contribution in [3.05, 3.63) is 102 Å². The largest absolute Gasteiger partial charge is 0.508 e. The Bertz CT molecular complexity index is 2540. The van der Waals surface area contributed by atoms with Crippen LogP contribution in [0.15, 0.2) is 85.1 Å². The van der Waals surface area contributed by atoms with Crippen LogP contribution in [-0.2, 0) is 57.6 Å². The minimum Gasteiger partial charge on any atom is -0.508 e. The molecule has 1 aromatic heterocycles. The second kappa shape index (κ2) is 30.0. The van der Waals surface area contributed by atoms with E-state index in [1.165, 1.54) is 19.1 Å². The number of aliphatic hydroxyl groups is 1. The predicted octanol–water partition coefficient (Wildman–Crippen LogP) is 0.0573. The van der Waals surface area contributed by atoms with Gasteiger partial charge in [-0.25, -0.2) is 0 Å². The highest BCUT2D eigenvalue weighted by Gasteiger charge is 2.42. The Hall–Kier alpha value is -6.66. The molecule has 0 aliphatic rings. The molecule has 0 unspecified atom stereocenters. The molecule has 16 N–H and O–H groups in total. The highest BCUT2D eigenvalue weighted by atomic mass is 32.1. The Morgan fingerprint density at radius 3 is 1.73 bits per heavy atom. The fraction of sp³-hybridized carbons (Fsp3) is 0.462. The molecule has 21 nitrogen and oxygen atoms in total. The predicted molar refractivity (Wildman–Crippen MR) is 291 cm³/mol. The number of thiol groups is 2. The molecule has 75 heavy (non-hydrogen) atoms. The van der Waals surface area contributed by atoms with Crippen LogP contribution in [0, 0.1) is 0 Å². The zero-order valence-corrected chi connectivity index (χ0v) is 44.3. The number of phenolic OH excluding ortho intramolecular Hbond substituents is 1. The number of benzene rings is 3.